The number of benzene rings is 1. The van der Waals surface area contributed by atoms with Crippen molar-refractivity contribution in [2.45, 2.75) is 26.2 Å². The van der Waals surface area contributed by atoms with Crippen LogP contribution in [0.25, 0.3) is 0 Å². The van der Waals surface area contributed by atoms with Gasteiger partial charge in [0, 0.05) is 11.6 Å². The summed E-state index contributed by atoms with van der Waals surface area (Å²) in [6, 6.07) is 8.09. The number of halogens is 1. The van der Waals surface area contributed by atoms with Crippen LogP contribution in [0.5, 0.6) is 0 Å². The summed E-state index contributed by atoms with van der Waals surface area (Å²) in [6.45, 7) is 3.90. The fraction of sp³-hybridized carbons (Fsp3) is 0.455. The van der Waals surface area contributed by atoms with Gasteiger partial charge in [0.15, 0.2) is 6.29 Å². The van der Waals surface area contributed by atoms with Crippen molar-refractivity contribution < 1.29 is 9.47 Å². The van der Waals surface area contributed by atoms with Crippen LogP contribution in [-0.2, 0) is 9.47 Å². The van der Waals surface area contributed by atoms with Crippen molar-refractivity contribution in [3.63, 3.8) is 0 Å². The predicted octanol–water partition coefficient (Wildman–Crippen LogP) is 3.52. The van der Waals surface area contributed by atoms with Crippen molar-refractivity contribution in [2.24, 2.45) is 0 Å². The fourth-order valence-electron chi connectivity index (χ4n) is 1.16. The Morgan fingerprint density at radius 3 is 2.21 bits per heavy atom. The second kappa shape index (κ2) is 5.49. The third kappa shape index (κ3) is 3.40. The predicted molar refractivity (Wildman–Crippen MR) is 60.1 cm³/mol. The molecular weight excluding hydrogens is 244 g/mol. The molecule has 0 aliphatic rings. The molecule has 0 heterocycles. The largest absolute Gasteiger partial charge is 0.356 e. The van der Waals surface area contributed by atoms with Gasteiger partial charge in [0.2, 0.25) is 0 Å². The standard InChI is InChI=1S/C11H15BrO2/c1-8(14-9(2)13-3)10-4-6-11(12)7-5-10/h4-9H,1-3H3. The highest BCUT2D eigenvalue weighted by Gasteiger charge is 2.09. The Balaban J connectivity index is 2.60. The maximum absolute atomic E-state index is 5.59. The molecule has 0 radical (unpaired) electrons. The van der Waals surface area contributed by atoms with E-state index in [-0.39, 0.29) is 12.4 Å². The molecule has 0 aliphatic carbocycles. The highest BCUT2D eigenvalue weighted by molar-refractivity contribution is 9.10. The monoisotopic (exact) mass is 258 g/mol. The molecule has 3 heteroatoms. The van der Waals surface area contributed by atoms with Crippen LogP contribution in [0.4, 0.5) is 0 Å². The molecule has 2 nitrogen and oxygen atoms in total. The first-order valence-electron chi connectivity index (χ1n) is 4.57. The van der Waals surface area contributed by atoms with Crippen molar-refractivity contribution in [1.82, 2.24) is 0 Å². The first kappa shape index (κ1) is 11.7. The van der Waals surface area contributed by atoms with Gasteiger partial charge < -0.3 is 9.47 Å². The number of rotatable bonds is 4. The van der Waals surface area contributed by atoms with Crippen LogP contribution >= 0.6 is 15.9 Å². The maximum Gasteiger partial charge on any atom is 0.155 e. The Morgan fingerprint density at radius 2 is 1.71 bits per heavy atom. The van der Waals surface area contributed by atoms with Crippen LogP contribution in [-0.4, -0.2) is 13.4 Å². The lowest BCUT2D eigenvalue weighted by atomic mass is 10.1. The second-order valence-electron chi connectivity index (χ2n) is 3.13. The number of ether oxygens (including phenoxy) is 2. The zero-order chi connectivity index (χ0) is 10.6. The molecule has 78 valence electrons. The Morgan fingerprint density at radius 1 is 1.14 bits per heavy atom. The van der Waals surface area contributed by atoms with Crippen molar-refractivity contribution in [3.8, 4) is 0 Å². The van der Waals surface area contributed by atoms with Gasteiger partial charge in [-0.1, -0.05) is 28.1 Å². The molecule has 0 aromatic heterocycles. The van der Waals surface area contributed by atoms with Gasteiger partial charge in [0.05, 0.1) is 6.10 Å². The smallest absolute Gasteiger partial charge is 0.155 e. The zero-order valence-electron chi connectivity index (χ0n) is 8.66. The van der Waals surface area contributed by atoms with E-state index in [1.165, 1.54) is 0 Å². The number of hydrogen-bond donors (Lipinski definition) is 0. The van der Waals surface area contributed by atoms with Crippen LogP contribution in [0.15, 0.2) is 28.7 Å². The van der Waals surface area contributed by atoms with E-state index in [0.717, 1.165) is 10.0 Å². The third-order valence-corrected chi connectivity index (χ3v) is 2.60. The molecule has 2 unspecified atom stereocenters. The van der Waals surface area contributed by atoms with E-state index < -0.39 is 0 Å². The van der Waals surface area contributed by atoms with Crippen LogP contribution in [0.2, 0.25) is 0 Å². The van der Waals surface area contributed by atoms with Gasteiger partial charge in [-0.25, -0.2) is 0 Å². The molecule has 14 heavy (non-hydrogen) atoms. The van der Waals surface area contributed by atoms with E-state index in [4.69, 9.17) is 9.47 Å². The molecule has 0 amide bonds. The van der Waals surface area contributed by atoms with Crippen molar-refractivity contribution in [3.05, 3.63) is 34.3 Å². The molecule has 1 aromatic rings. The summed E-state index contributed by atoms with van der Waals surface area (Å²) in [5.41, 5.74) is 1.15. The summed E-state index contributed by atoms with van der Waals surface area (Å²) in [4.78, 5) is 0. The number of methoxy groups -OCH3 is 1. The summed E-state index contributed by atoms with van der Waals surface area (Å²) in [5.74, 6) is 0. The highest BCUT2D eigenvalue weighted by Crippen LogP contribution is 2.20. The molecule has 0 saturated carbocycles. The van der Waals surface area contributed by atoms with Crippen LogP contribution in [0.1, 0.15) is 25.5 Å². The minimum atomic E-state index is -0.173. The van der Waals surface area contributed by atoms with E-state index in [1.807, 2.05) is 38.1 Å². The number of hydrogen-bond acceptors (Lipinski definition) is 2. The fourth-order valence-corrected chi connectivity index (χ4v) is 1.42. The molecule has 0 saturated heterocycles. The average Bonchev–Trinajstić information content (AvgIpc) is 2.18. The van der Waals surface area contributed by atoms with Crippen molar-refractivity contribution in [2.75, 3.05) is 7.11 Å². The van der Waals surface area contributed by atoms with Gasteiger partial charge in [0.1, 0.15) is 0 Å². The summed E-state index contributed by atoms with van der Waals surface area (Å²) in [7, 11) is 1.64. The lowest BCUT2D eigenvalue weighted by Gasteiger charge is -2.18. The van der Waals surface area contributed by atoms with Gasteiger partial charge in [-0.2, -0.15) is 0 Å². The second-order valence-corrected chi connectivity index (χ2v) is 4.05. The molecule has 0 spiro atoms. The molecule has 0 aliphatic heterocycles. The van der Waals surface area contributed by atoms with E-state index in [0.29, 0.717) is 0 Å². The topological polar surface area (TPSA) is 18.5 Å². The highest BCUT2D eigenvalue weighted by atomic mass is 79.9. The maximum atomic E-state index is 5.59. The third-order valence-electron chi connectivity index (χ3n) is 2.07. The summed E-state index contributed by atoms with van der Waals surface area (Å²) in [6.07, 6.45) is -0.119. The molecule has 1 aromatic carbocycles. The van der Waals surface area contributed by atoms with Gasteiger partial charge in [0.25, 0.3) is 0 Å². The Labute approximate surface area is 93.4 Å². The van der Waals surface area contributed by atoms with E-state index in [2.05, 4.69) is 15.9 Å². The van der Waals surface area contributed by atoms with Gasteiger partial charge in [-0.15, -0.1) is 0 Å². The van der Waals surface area contributed by atoms with Crippen molar-refractivity contribution >= 4 is 15.9 Å². The van der Waals surface area contributed by atoms with E-state index >= 15 is 0 Å². The first-order chi connectivity index (χ1) is 6.63. The van der Waals surface area contributed by atoms with Crippen LogP contribution < -0.4 is 0 Å². The van der Waals surface area contributed by atoms with Crippen LogP contribution in [0, 0.1) is 0 Å². The summed E-state index contributed by atoms with van der Waals surface area (Å²) in [5, 5.41) is 0. The Kier molecular flexibility index (Phi) is 4.58. The summed E-state index contributed by atoms with van der Waals surface area (Å²) < 4.78 is 11.7. The van der Waals surface area contributed by atoms with E-state index in [1.54, 1.807) is 7.11 Å². The lowest BCUT2D eigenvalue weighted by Crippen LogP contribution is -2.13. The normalized spacial score (nSPS) is 15.1. The van der Waals surface area contributed by atoms with E-state index in [9.17, 15) is 0 Å². The van der Waals surface area contributed by atoms with Crippen LogP contribution in [0.3, 0.4) is 0 Å². The average molecular weight is 259 g/mol. The SMILES string of the molecule is COC(C)OC(C)c1ccc(Br)cc1. The minimum absolute atomic E-state index is 0.0537. The summed E-state index contributed by atoms with van der Waals surface area (Å²) >= 11 is 3.39. The molecule has 0 N–H and O–H groups in total. The van der Waals surface area contributed by atoms with Gasteiger partial charge >= 0.3 is 0 Å². The molecule has 1 rings (SSSR count). The molecule has 2 atom stereocenters. The Hall–Kier alpha value is -0.380. The Bertz CT molecular complexity index is 271. The van der Waals surface area contributed by atoms with Gasteiger partial charge in [-0.05, 0) is 31.5 Å². The molecule has 0 bridgehead atoms. The lowest BCUT2D eigenvalue weighted by molar-refractivity contribution is -0.140. The quantitative estimate of drug-likeness (QED) is 0.770. The van der Waals surface area contributed by atoms with Crippen molar-refractivity contribution in [1.29, 1.82) is 0 Å². The minimum Gasteiger partial charge on any atom is -0.356 e. The van der Waals surface area contributed by atoms with Gasteiger partial charge in [-0.3, -0.25) is 0 Å². The first-order valence-corrected chi connectivity index (χ1v) is 5.36. The molecular formula is C11H15BrO2. The molecule has 0 fully saturated rings. The zero-order valence-corrected chi connectivity index (χ0v) is 10.2.